The zero-order chi connectivity index (χ0) is 12.1. The summed E-state index contributed by atoms with van der Waals surface area (Å²) in [7, 11) is 0. The van der Waals surface area contributed by atoms with E-state index in [0.29, 0.717) is 18.7 Å². The molecule has 0 aliphatic heterocycles. The first-order chi connectivity index (χ1) is 7.56. The van der Waals surface area contributed by atoms with Crippen LogP contribution in [0.15, 0.2) is 0 Å². The molecule has 6 nitrogen and oxygen atoms in total. The van der Waals surface area contributed by atoms with E-state index in [4.69, 9.17) is 11.0 Å². The van der Waals surface area contributed by atoms with Crippen molar-refractivity contribution < 1.29 is 4.79 Å². The molecule has 1 rings (SSSR count). The van der Waals surface area contributed by atoms with Gasteiger partial charge < -0.3 is 11.1 Å². The van der Waals surface area contributed by atoms with E-state index >= 15 is 0 Å². The average molecular weight is 221 g/mol. The number of carbonyl (C=O) groups excluding carboxylic acids is 1. The topological polar surface area (TPSA) is 96.7 Å². The number of rotatable bonds is 4. The second kappa shape index (κ2) is 5.16. The first-order valence-electron chi connectivity index (χ1n) is 4.99. The molecule has 0 aliphatic carbocycles. The zero-order valence-corrected chi connectivity index (χ0v) is 9.45. The van der Waals surface area contributed by atoms with Crippen molar-refractivity contribution in [3.05, 3.63) is 11.4 Å². The predicted octanol–water partition coefficient (Wildman–Crippen LogP) is 0.112. The molecule has 0 radical (unpaired) electrons. The lowest BCUT2D eigenvalue weighted by molar-refractivity contribution is -0.121. The van der Waals surface area contributed by atoms with E-state index in [-0.39, 0.29) is 12.5 Å². The van der Waals surface area contributed by atoms with Crippen LogP contribution in [0.2, 0.25) is 0 Å². The molecule has 0 atom stereocenters. The Labute approximate surface area is 94.0 Å². The minimum Gasteiger partial charge on any atom is -0.396 e. The summed E-state index contributed by atoms with van der Waals surface area (Å²) in [6.45, 7) is 4.11. The number of hydrogen-bond acceptors (Lipinski definition) is 4. The average Bonchev–Trinajstić information content (AvgIpc) is 2.47. The second-order valence-corrected chi connectivity index (χ2v) is 3.50. The van der Waals surface area contributed by atoms with Crippen LogP contribution in [0.4, 0.5) is 5.69 Å². The minimum atomic E-state index is -0.166. The van der Waals surface area contributed by atoms with Crippen LogP contribution in [0.1, 0.15) is 17.8 Å². The van der Waals surface area contributed by atoms with Crippen LogP contribution >= 0.6 is 0 Å². The first-order valence-corrected chi connectivity index (χ1v) is 4.99. The van der Waals surface area contributed by atoms with Gasteiger partial charge in [-0.1, -0.05) is 0 Å². The molecule has 1 amide bonds. The Bertz CT molecular complexity index is 429. The summed E-state index contributed by atoms with van der Waals surface area (Å²) in [5.41, 5.74) is 7.87. The number of nitrogens with zero attached hydrogens (tertiary/aromatic N) is 3. The van der Waals surface area contributed by atoms with Crippen molar-refractivity contribution in [2.45, 2.75) is 26.8 Å². The van der Waals surface area contributed by atoms with E-state index < -0.39 is 0 Å². The molecule has 1 aromatic rings. The van der Waals surface area contributed by atoms with Gasteiger partial charge in [-0.15, -0.1) is 0 Å². The molecule has 1 heterocycles. The number of amides is 1. The molecular formula is C10H15N5O. The van der Waals surface area contributed by atoms with Gasteiger partial charge in [-0.2, -0.15) is 10.4 Å². The van der Waals surface area contributed by atoms with Crippen LogP contribution in [-0.2, 0) is 11.3 Å². The van der Waals surface area contributed by atoms with Gasteiger partial charge in [0.15, 0.2) is 0 Å². The number of carbonyl (C=O) groups is 1. The molecule has 0 saturated carbocycles. The van der Waals surface area contributed by atoms with Gasteiger partial charge in [0.2, 0.25) is 5.91 Å². The number of nitrogens with one attached hydrogen (secondary N) is 1. The maximum absolute atomic E-state index is 11.4. The predicted molar refractivity (Wildman–Crippen MR) is 59.4 cm³/mol. The summed E-state index contributed by atoms with van der Waals surface area (Å²) in [4.78, 5) is 11.4. The van der Waals surface area contributed by atoms with E-state index in [1.165, 1.54) is 0 Å². The van der Waals surface area contributed by atoms with Gasteiger partial charge >= 0.3 is 0 Å². The van der Waals surface area contributed by atoms with Crippen LogP contribution in [0.3, 0.4) is 0 Å². The lowest BCUT2D eigenvalue weighted by atomic mass is 10.3. The van der Waals surface area contributed by atoms with Crippen LogP contribution in [0, 0.1) is 25.2 Å². The van der Waals surface area contributed by atoms with Crippen molar-refractivity contribution in [2.75, 3.05) is 12.3 Å². The van der Waals surface area contributed by atoms with Gasteiger partial charge in [-0.25, -0.2) is 0 Å². The first kappa shape index (κ1) is 12.0. The van der Waals surface area contributed by atoms with E-state index in [0.717, 1.165) is 11.4 Å². The fourth-order valence-corrected chi connectivity index (χ4v) is 1.31. The Kier molecular flexibility index (Phi) is 3.89. The van der Waals surface area contributed by atoms with Gasteiger partial charge in [0.05, 0.1) is 29.6 Å². The number of anilines is 1. The smallest absolute Gasteiger partial charge is 0.241 e. The van der Waals surface area contributed by atoms with Crippen LogP contribution < -0.4 is 11.1 Å². The third kappa shape index (κ3) is 2.73. The Morgan fingerprint density at radius 1 is 1.62 bits per heavy atom. The van der Waals surface area contributed by atoms with E-state index in [1.54, 1.807) is 11.6 Å². The molecule has 86 valence electrons. The normalized spacial score (nSPS) is 9.81. The number of hydrogen-bond donors (Lipinski definition) is 2. The Hall–Kier alpha value is -2.03. The van der Waals surface area contributed by atoms with Crippen molar-refractivity contribution >= 4 is 11.6 Å². The second-order valence-electron chi connectivity index (χ2n) is 3.50. The molecule has 6 heteroatoms. The fourth-order valence-electron chi connectivity index (χ4n) is 1.31. The van der Waals surface area contributed by atoms with Crippen molar-refractivity contribution in [2.24, 2.45) is 0 Å². The molecule has 0 bridgehead atoms. The van der Waals surface area contributed by atoms with Crippen LogP contribution in [-0.4, -0.2) is 22.2 Å². The van der Waals surface area contributed by atoms with Gasteiger partial charge in [-0.3, -0.25) is 9.48 Å². The standard InChI is InChI=1S/C10H15N5O/c1-7-10(12)8(2)15(14-7)6-9(16)13-5-3-4-11/h3,5-6,12H2,1-2H3,(H,13,16). The lowest BCUT2D eigenvalue weighted by Gasteiger charge is -2.04. The Morgan fingerprint density at radius 3 is 2.81 bits per heavy atom. The highest BCUT2D eigenvalue weighted by molar-refractivity contribution is 5.75. The Morgan fingerprint density at radius 2 is 2.31 bits per heavy atom. The molecule has 3 N–H and O–H groups in total. The number of aromatic nitrogens is 2. The van der Waals surface area contributed by atoms with E-state index in [9.17, 15) is 4.79 Å². The highest BCUT2D eigenvalue weighted by Crippen LogP contribution is 2.14. The molecule has 0 fully saturated rings. The van der Waals surface area contributed by atoms with Crippen LogP contribution in [0.25, 0.3) is 0 Å². The highest BCUT2D eigenvalue weighted by atomic mass is 16.2. The molecule has 0 unspecified atom stereocenters. The largest absolute Gasteiger partial charge is 0.396 e. The summed E-state index contributed by atoms with van der Waals surface area (Å²) in [5, 5.41) is 15.1. The number of nitrogens with two attached hydrogens (primary N) is 1. The van der Waals surface area contributed by atoms with Crippen molar-refractivity contribution in [3.8, 4) is 6.07 Å². The van der Waals surface area contributed by atoms with Gasteiger partial charge in [0, 0.05) is 6.54 Å². The maximum atomic E-state index is 11.4. The summed E-state index contributed by atoms with van der Waals surface area (Å²) >= 11 is 0. The molecule has 0 aliphatic rings. The fraction of sp³-hybridized carbons (Fsp3) is 0.500. The van der Waals surface area contributed by atoms with E-state index in [2.05, 4.69) is 10.4 Å². The highest BCUT2D eigenvalue weighted by Gasteiger charge is 2.10. The molecular weight excluding hydrogens is 206 g/mol. The summed E-state index contributed by atoms with van der Waals surface area (Å²) < 4.78 is 1.56. The summed E-state index contributed by atoms with van der Waals surface area (Å²) in [6, 6.07) is 1.95. The number of aryl methyl sites for hydroxylation is 1. The monoisotopic (exact) mass is 221 g/mol. The van der Waals surface area contributed by atoms with Crippen molar-refractivity contribution in [3.63, 3.8) is 0 Å². The van der Waals surface area contributed by atoms with Gasteiger partial charge in [0.1, 0.15) is 6.54 Å². The van der Waals surface area contributed by atoms with Crippen molar-refractivity contribution in [1.29, 1.82) is 5.26 Å². The summed E-state index contributed by atoms with van der Waals surface area (Å²) in [6.07, 6.45) is 0.311. The lowest BCUT2D eigenvalue weighted by Crippen LogP contribution is -2.29. The van der Waals surface area contributed by atoms with Gasteiger partial charge in [0.25, 0.3) is 0 Å². The van der Waals surface area contributed by atoms with E-state index in [1.807, 2.05) is 13.0 Å². The molecule has 1 aromatic heterocycles. The van der Waals surface area contributed by atoms with Crippen molar-refractivity contribution in [1.82, 2.24) is 15.1 Å². The zero-order valence-electron chi connectivity index (χ0n) is 9.45. The Balaban J connectivity index is 2.57. The van der Waals surface area contributed by atoms with Gasteiger partial charge in [-0.05, 0) is 13.8 Å². The molecule has 0 saturated heterocycles. The third-order valence-electron chi connectivity index (χ3n) is 2.29. The maximum Gasteiger partial charge on any atom is 0.241 e. The summed E-state index contributed by atoms with van der Waals surface area (Å²) in [5.74, 6) is -0.166. The number of nitriles is 1. The molecule has 0 aromatic carbocycles. The van der Waals surface area contributed by atoms with Crippen LogP contribution in [0.5, 0.6) is 0 Å². The minimum absolute atomic E-state index is 0.134. The molecule has 0 spiro atoms. The number of nitrogen functional groups attached to an aromatic ring is 1. The molecule has 16 heavy (non-hydrogen) atoms. The quantitative estimate of drug-likeness (QED) is 0.705. The SMILES string of the molecule is Cc1nn(CC(=O)NCCC#N)c(C)c1N. The third-order valence-corrected chi connectivity index (χ3v) is 2.29.